The quantitative estimate of drug-likeness (QED) is 0.660. The number of nitrogens with two attached hydrogens (primary N) is 1. The maximum absolute atomic E-state index is 13.2. The Kier molecular flexibility index (Phi) is 2.01. The number of ether oxygens (including phenoxy) is 1. The molecule has 1 aliphatic heterocycles. The molecule has 1 aliphatic rings. The van der Waals surface area contributed by atoms with E-state index in [1.165, 1.54) is 6.07 Å². The van der Waals surface area contributed by atoms with Crippen molar-refractivity contribution in [3.05, 3.63) is 41.1 Å². The summed E-state index contributed by atoms with van der Waals surface area (Å²) in [6.45, 7) is 0.377. The zero-order chi connectivity index (χ0) is 9.42. The van der Waals surface area contributed by atoms with E-state index in [-0.39, 0.29) is 11.8 Å². The first kappa shape index (κ1) is 8.59. The van der Waals surface area contributed by atoms with Gasteiger partial charge in [-0.1, -0.05) is 0 Å². The Morgan fingerprint density at radius 2 is 2.08 bits per heavy atom. The van der Waals surface area contributed by atoms with E-state index in [0.29, 0.717) is 18.6 Å². The molecule has 0 fully saturated rings. The number of hydrogen-bond donors (Lipinski definition) is 1. The van der Waals surface area contributed by atoms with E-state index in [9.17, 15) is 8.78 Å². The lowest BCUT2D eigenvalue weighted by Crippen LogP contribution is -2.25. The van der Waals surface area contributed by atoms with Crippen molar-refractivity contribution in [2.45, 2.75) is 6.42 Å². The monoisotopic (exact) mass is 184 g/mol. The van der Waals surface area contributed by atoms with Crippen molar-refractivity contribution >= 4 is 0 Å². The Balaban J connectivity index is 2.56. The molecule has 0 atom stereocenters. The van der Waals surface area contributed by atoms with Crippen LogP contribution < -0.4 is 5.73 Å². The third-order valence-electron chi connectivity index (χ3n) is 2.01. The van der Waals surface area contributed by atoms with Gasteiger partial charge in [0, 0.05) is 11.6 Å². The molecular weight excluding hydrogens is 176 g/mol. The number of halogens is 2. The molecular formula is C9H8F2NO. The van der Waals surface area contributed by atoms with E-state index >= 15 is 0 Å². The maximum atomic E-state index is 13.2. The van der Waals surface area contributed by atoms with E-state index in [1.807, 2.05) is 0 Å². The van der Waals surface area contributed by atoms with Crippen molar-refractivity contribution in [1.82, 2.24) is 0 Å². The standard InChI is InChI=1S/C9H8F2NO/c10-6-3-5-1-2-13-9(12)8(5)7(11)4-6/h3-4H,1-2,12H2. The normalized spacial score (nSPS) is 17.2. The van der Waals surface area contributed by atoms with Gasteiger partial charge in [0.05, 0.1) is 6.61 Å². The van der Waals surface area contributed by atoms with Gasteiger partial charge in [0.2, 0.25) is 0 Å². The summed E-state index contributed by atoms with van der Waals surface area (Å²) in [5, 5.41) is 0. The summed E-state index contributed by atoms with van der Waals surface area (Å²) in [4.78, 5) is 0. The van der Waals surface area contributed by atoms with Gasteiger partial charge in [-0.15, -0.1) is 0 Å². The Hall–Kier alpha value is -1.00. The first-order chi connectivity index (χ1) is 6.18. The van der Waals surface area contributed by atoms with Crippen LogP contribution >= 0.6 is 0 Å². The van der Waals surface area contributed by atoms with E-state index in [2.05, 4.69) is 0 Å². The maximum Gasteiger partial charge on any atom is 0.193 e. The molecule has 0 spiro atoms. The molecule has 0 amide bonds. The second kappa shape index (κ2) is 3.05. The van der Waals surface area contributed by atoms with Gasteiger partial charge in [-0.05, 0) is 18.1 Å². The van der Waals surface area contributed by atoms with Crippen LogP contribution in [-0.4, -0.2) is 6.61 Å². The summed E-state index contributed by atoms with van der Waals surface area (Å²) in [7, 11) is 0. The van der Waals surface area contributed by atoms with E-state index in [1.54, 1.807) is 0 Å². The largest absolute Gasteiger partial charge is 0.351 e. The summed E-state index contributed by atoms with van der Waals surface area (Å²) in [6, 6.07) is 2.09. The average molecular weight is 184 g/mol. The highest BCUT2D eigenvalue weighted by atomic mass is 19.1. The van der Waals surface area contributed by atoms with E-state index in [4.69, 9.17) is 10.5 Å². The molecule has 0 aromatic heterocycles. The van der Waals surface area contributed by atoms with Crippen LogP contribution in [0, 0.1) is 17.9 Å². The minimum Gasteiger partial charge on any atom is -0.351 e. The van der Waals surface area contributed by atoms with Crippen LogP contribution in [0.4, 0.5) is 8.78 Å². The van der Waals surface area contributed by atoms with Gasteiger partial charge in [0.1, 0.15) is 11.6 Å². The number of hydrogen-bond acceptors (Lipinski definition) is 2. The molecule has 69 valence electrons. The topological polar surface area (TPSA) is 35.2 Å². The fourth-order valence-corrected chi connectivity index (χ4v) is 1.44. The Labute approximate surface area is 74.3 Å². The fraction of sp³-hybridized carbons (Fsp3) is 0.222. The molecule has 1 aromatic carbocycles. The third kappa shape index (κ3) is 1.43. The first-order valence-corrected chi connectivity index (χ1v) is 3.92. The fourth-order valence-electron chi connectivity index (χ4n) is 1.44. The predicted octanol–water partition coefficient (Wildman–Crippen LogP) is 1.33. The summed E-state index contributed by atoms with van der Waals surface area (Å²) in [5.41, 5.74) is 6.20. The van der Waals surface area contributed by atoms with Crippen molar-refractivity contribution in [3.63, 3.8) is 0 Å². The highest BCUT2D eigenvalue weighted by Gasteiger charge is 2.23. The lowest BCUT2D eigenvalue weighted by Gasteiger charge is -2.21. The predicted molar refractivity (Wildman–Crippen MR) is 42.5 cm³/mol. The van der Waals surface area contributed by atoms with Crippen LogP contribution in [0.25, 0.3) is 0 Å². The van der Waals surface area contributed by atoms with Crippen LogP contribution in [0.1, 0.15) is 11.1 Å². The lowest BCUT2D eigenvalue weighted by molar-refractivity contribution is 0.148. The second-order valence-corrected chi connectivity index (χ2v) is 2.88. The number of rotatable bonds is 0. The number of fused-ring (bicyclic) bond motifs is 1. The van der Waals surface area contributed by atoms with Crippen molar-refractivity contribution in [3.8, 4) is 0 Å². The molecule has 2 nitrogen and oxygen atoms in total. The molecule has 2 rings (SSSR count). The molecule has 0 bridgehead atoms. The SMILES string of the molecule is N[C]1OCCc2cc(F)cc(F)c21. The van der Waals surface area contributed by atoms with Crippen molar-refractivity contribution in [1.29, 1.82) is 0 Å². The van der Waals surface area contributed by atoms with Crippen molar-refractivity contribution in [2.75, 3.05) is 6.61 Å². The molecule has 1 radical (unpaired) electrons. The Bertz CT molecular complexity index is 341. The van der Waals surface area contributed by atoms with Crippen LogP contribution in [0.5, 0.6) is 0 Å². The summed E-state index contributed by atoms with van der Waals surface area (Å²) < 4.78 is 30.9. The van der Waals surface area contributed by atoms with Gasteiger partial charge in [0.25, 0.3) is 0 Å². The first-order valence-electron chi connectivity index (χ1n) is 3.92. The van der Waals surface area contributed by atoms with Gasteiger partial charge in [-0.25, -0.2) is 8.78 Å². The zero-order valence-corrected chi connectivity index (χ0v) is 6.81. The van der Waals surface area contributed by atoms with Crippen LogP contribution in [0.3, 0.4) is 0 Å². The van der Waals surface area contributed by atoms with Crippen molar-refractivity contribution < 1.29 is 13.5 Å². The third-order valence-corrected chi connectivity index (χ3v) is 2.01. The molecule has 1 aromatic rings. The summed E-state index contributed by atoms with van der Waals surface area (Å²) in [5.74, 6) is -1.24. The summed E-state index contributed by atoms with van der Waals surface area (Å²) >= 11 is 0. The molecule has 4 heteroatoms. The molecule has 2 N–H and O–H groups in total. The van der Waals surface area contributed by atoms with Crippen LogP contribution in [0.15, 0.2) is 12.1 Å². The molecule has 0 saturated carbocycles. The van der Waals surface area contributed by atoms with Gasteiger partial charge < -0.3 is 4.74 Å². The number of benzene rings is 1. The van der Waals surface area contributed by atoms with Gasteiger partial charge in [-0.3, -0.25) is 5.73 Å². The molecule has 0 unspecified atom stereocenters. The average Bonchev–Trinajstić information content (AvgIpc) is 2.02. The van der Waals surface area contributed by atoms with Gasteiger partial charge >= 0.3 is 0 Å². The Morgan fingerprint density at radius 1 is 1.31 bits per heavy atom. The van der Waals surface area contributed by atoms with E-state index < -0.39 is 11.6 Å². The minimum atomic E-state index is -0.660. The second-order valence-electron chi connectivity index (χ2n) is 2.88. The van der Waals surface area contributed by atoms with Crippen LogP contribution in [0.2, 0.25) is 0 Å². The van der Waals surface area contributed by atoms with Crippen LogP contribution in [-0.2, 0) is 11.2 Å². The van der Waals surface area contributed by atoms with Gasteiger partial charge in [0.15, 0.2) is 6.23 Å². The van der Waals surface area contributed by atoms with Crippen molar-refractivity contribution in [2.24, 2.45) is 5.73 Å². The minimum absolute atomic E-state index is 0.0405. The molecule has 0 saturated heterocycles. The molecule has 13 heavy (non-hydrogen) atoms. The molecule has 1 heterocycles. The summed E-state index contributed by atoms with van der Waals surface area (Å²) in [6.07, 6.45) is 0.531. The lowest BCUT2D eigenvalue weighted by atomic mass is 10.0. The highest BCUT2D eigenvalue weighted by Crippen LogP contribution is 2.26. The highest BCUT2D eigenvalue weighted by molar-refractivity contribution is 5.38. The smallest absolute Gasteiger partial charge is 0.193 e. The van der Waals surface area contributed by atoms with Gasteiger partial charge in [-0.2, -0.15) is 0 Å². The molecule has 0 aliphatic carbocycles. The zero-order valence-electron chi connectivity index (χ0n) is 6.81. The van der Waals surface area contributed by atoms with E-state index in [0.717, 1.165) is 6.07 Å². The Morgan fingerprint density at radius 3 is 2.85 bits per heavy atom.